The van der Waals surface area contributed by atoms with Crippen LogP contribution in [0.25, 0.3) is 11.4 Å². The summed E-state index contributed by atoms with van der Waals surface area (Å²) in [6, 6.07) is 1.90. The van der Waals surface area contributed by atoms with Crippen LogP contribution in [0.4, 0.5) is 0 Å². The molecule has 0 unspecified atom stereocenters. The van der Waals surface area contributed by atoms with E-state index in [-0.39, 0.29) is 0 Å². The quantitative estimate of drug-likeness (QED) is 0.613. The first-order valence-corrected chi connectivity index (χ1v) is 3.39. The highest BCUT2D eigenvalue weighted by atomic mass is 14.9. The van der Waals surface area contributed by atoms with E-state index >= 15 is 0 Å². The van der Waals surface area contributed by atoms with E-state index in [1.807, 2.05) is 6.07 Å². The molecule has 0 atom stereocenters. The first-order valence-electron chi connectivity index (χ1n) is 3.39. The summed E-state index contributed by atoms with van der Waals surface area (Å²) in [4.78, 5) is 11.2. The van der Waals surface area contributed by atoms with Gasteiger partial charge in [-0.1, -0.05) is 0 Å². The number of nitrogens with two attached hydrogens (primary N) is 1. The summed E-state index contributed by atoms with van der Waals surface area (Å²) in [7, 11) is 0. The Morgan fingerprint density at radius 3 is 3.18 bits per heavy atom. The zero-order valence-corrected chi connectivity index (χ0v) is 5.91. The van der Waals surface area contributed by atoms with Crippen molar-refractivity contribution in [3.8, 4) is 11.4 Å². The van der Waals surface area contributed by atoms with Crippen molar-refractivity contribution < 1.29 is 0 Å². The van der Waals surface area contributed by atoms with E-state index in [0.29, 0.717) is 6.54 Å². The normalized spacial score (nSPS) is 10.6. The lowest BCUT2D eigenvalue weighted by molar-refractivity contribution is 0.909. The maximum atomic E-state index is 5.40. The van der Waals surface area contributed by atoms with E-state index < -0.39 is 0 Å². The fraction of sp³-hybridized carbons (Fsp3) is 0.143. The van der Waals surface area contributed by atoms with Gasteiger partial charge in [-0.05, 0) is 6.07 Å². The summed E-state index contributed by atoms with van der Waals surface area (Å²) in [6.45, 7) is 0.432. The molecule has 0 fully saturated rings. The highest BCUT2D eigenvalue weighted by Crippen LogP contribution is 2.14. The maximum absolute atomic E-state index is 5.40. The topological polar surface area (TPSA) is 67.6 Å². The van der Waals surface area contributed by atoms with Gasteiger partial charge in [0, 0.05) is 6.20 Å². The number of nitrogens with zero attached hydrogens (tertiary/aromatic N) is 2. The van der Waals surface area contributed by atoms with Crippen molar-refractivity contribution >= 4 is 0 Å². The lowest BCUT2D eigenvalue weighted by Gasteiger charge is -1.99. The fourth-order valence-corrected chi connectivity index (χ4v) is 0.986. The highest BCUT2D eigenvalue weighted by molar-refractivity contribution is 5.54. The standard InChI is InChI=1S/C7H8N4/c8-3-7-10-4-6-5(11-7)1-2-9-6/h1-2,4H,3,8H2,(H,10,11). The molecule has 0 saturated carbocycles. The van der Waals surface area contributed by atoms with Crippen LogP contribution in [-0.2, 0) is 6.54 Å². The molecule has 0 bridgehead atoms. The number of aromatic amines is 1. The smallest absolute Gasteiger partial charge is 0.120 e. The number of H-pyrrole nitrogens is 1. The van der Waals surface area contributed by atoms with Crippen molar-refractivity contribution in [3.05, 3.63) is 24.3 Å². The van der Waals surface area contributed by atoms with E-state index in [0.717, 1.165) is 17.2 Å². The fourth-order valence-electron chi connectivity index (χ4n) is 0.986. The van der Waals surface area contributed by atoms with Crippen molar-refractivity contribution in [2.45, 2.75) is 6.54 Å². The molecule has 0 saturated heterocycles. The Balaban J connectivity index is 2.59. The van der Waals surface area contributed by atoms with Gasteiger partial charge in [0.15, 0.2) is 0 Å². The van der Waals surface area contributed by atoms with E-state index in [4.69, 9.17) is 5.73 Å². The predicted molar refractivity (Wildman–Crippen MR) is 40.9 cm³/mol. The van der Waals surface area contributed by atoms with E-state index in [1.165, 1.54) is 0 Å². The van der Waals surface area contributed by atoms with Crippen LogP contribution in [-0.4, -0.2) is 15.0 Å². The summed E-state index contributed by atoms with van der Waals surface area (Å²) in [5, 5.41) is 0. The molecular weight excluding hydrogens is 140 g/mol. The molecule has 2 aliphatic rings. The second kappa shape index (κ2) is 2.32. The van der Waals surface area contributed by atoms with Gasteiger partial charge in [-0.15, -0.1) is 0 Å². The van der Waals surface area contributed by atoms with Crippen LogP contribution in [0.3, 0.4) is 0 Å². The van der Waals surface area contributed by atoms with Crippen LogP contribution in [0, 0.1) is 0 Å². The Labute approximate surface area is 63.8 Å². The predicted octanol–water partition coefficient (Wildman–Crippen LogP) is 0.368. The SMILES string of the molecule is NCc1ncc2nccc-2[nH]1. The van der Waals surface area contributed by atoms with Gasteiger partial charge in [-0.3, -0.25) is 4.98 Å². The largest absolute Gasteiger partial charge is 0.341 e. The number of nitrogens with one attached hydrogen (secondary N) is 1. The van der Waals surface area contributed by atoms with Crippen LogP contribution in [0.15, 0.2) is 18.5 Å². The number of fused-ring (bicyclic) bond motifs is 1. The van der Waals surface area contributed by atoms with Crippen LogP contribution >= 0.6 is 0 Å². The molecule has 0 spiro atoms. The monoisotopic (exact) mass is 148 g/mol. The van der Waals surface area contributed by atoms with Crippen molar-refractivity contribution in [1.82, 2.24) is 15.0 Å². The highest BCUT2D eigenvalue weighted by Gasteiger charge is 2.03. The third kappa shape index (κ3) is 0.969. The Hall–Kier alpha value is -1.42. The van der Waals surface area contributed by atoms with Gasteiger partial charge in [0.05, 0.1) is 18.4 Å². The summed E-state index contributed by atoms with van der Waals surface area (Å²) in [6.07, 6.45) is 3.46. The number of hydrogen-bond donors (Lipinski definition) is 2. The molecule has 0 amide bonds. The van der Waals surface area contributed by atoms with Crippen LogP contribution in [0.1, 0.15) is 5.82 Å². The van der Waals surface area contributed by atoms with Gasteiger partial charge in [-0.2, -0.15) is 0 Å². The van der Waals surface area contributed by atoms with Crippen molar-refractivity contribution in [1.29, 1.82) is 0 Å². The van der Waals surface area contributed by atoms with Crippen molar-refractivity contribution in [2.24, 2.45) is 5.73 Å². The molecule has 0 aromatic heterocycles. The first kappa shape index (κ1) is 6.30. The third-order valence-electron chi connectivity index (χ3n) is 1.55. The third-order valence-corrected chi connectivity index (χ3v) is 1.55. The van der Waals surface area contributed by atoms with Crippen LogP contribution in [0.2, 0.25) is 0 Å². The number of rotatable bonds is 1. The lowest BCUT2D eigenvalue weighted by atomic mass is 10.3. The van der Waals surface area contributed by atoms with E-state index in [2.05, 4.69) is 15.0 Å². The molecule has 0 aliphatic carbocycles. The van der Waals surface area contributed by atoms with Crippen LogP contribution < -0.4 is 5.73 Å². The summed E-state index contributed by atoms with van der Waals surface area (Å²) in [5.41, 5.74) is 7.26. The van der Waals surface area contributed by atoms with Gasteiger partial charge in [0.2, 0.25) is 0 Å². The molecule has 4 heteroatoms. The molecule has 2 rings (SSSR count). The average Bonchev–Trinajstić information content (AvgIpc) is 2.50. The second-order valence-corrected chi connectivity index (χ2v) is 2.28. The van der Waals surface area contributed by atoms with Crippen molar-refractivity contribution in [2.75, 3.05) is 0 Å². The number of aromatic nitrogens is 3. The Bertz CT molecular complexity index is 327. The lowest BCUT2D eigenvalue weighted by Crippen LogP contribution is -2.03. The molecule has 2 aliphatic heterocycles. The molecule has 0 radical (unpaired) electrons. The zero-order chi connectivity index (χ0) is 7.68. The van der Waals surface area contributed by atoms with E-state index in [9.17, 15) is 0 Å². The maximum Gasteiger partial charge on any atom is 0.120 e. The molecule has 11 heavy (non-hydrogen) atoms. The Kier molecular flexibility index (Phi) is 1.33. The summed E-state index contributed by atoms with van der Waals surface area (Å²) in [5.74, 6) is 0.783. The Morgan fingerprint density at radius 2 is 2.36 bits per heavy atom. The molecule has 0 aromatic carbocycles. The average molecular weight is 148 g/mol. The van der Waals surface area contributed by atoms with Gasteiger partial charge in [0.1, 0.15) is 11.5 Å². The molecule has 56 valence electrons. The minimum Gasteiger partial charge on any atom is -0.341 e. The molecule has 2 heterocycles. The van der Waals surface area contributed by atoms with Gasteiger partial charge in [-0.25, -0.2) is 4.98 Å². The van der Waals surface area contributed by atoms with Gasteiger partial charge >= 0.3 is 0 Å². The minimum atomic E-state index is 0.432. The zero-order valence-electron chi connectivity index (χ0n) is 5.91. The van der Waals surface area contributed by atoms with Gasteiger partial charge in [0.25, 0.3) is 0 Å². The summed E-state index contributed by atoms with van der Waals surface area (Å²) < 4.78 is 0. The van der Waals surface area contributed by atoms with Crippen LogP contribution in [0.5, 0.6) is 0 Å². The van der Waals surface area contributed by atoms with Crippen molar-refractivity contribution in [3.63, 3.8) is 0 Å². The summed E-state index contributed by atoms with van der Waals surface area (Å²) >= 11 is 0. The van der Waals surface area contributed by atoms with E-state index in [1.54, 1.807) is 12.4 Å². The first-order chi connectivity index (χ1) is 5.40. The number of hydrogen-bond acceptors (Lipinski definition) is 3. The molecule has 4 nitrogen and oxygen atoms in total. The molecular formula is C7H8N4. The minimum absolute atomic E-state index is 0.432. The molecule has 0 aromatic rings. The second-order valence-electron chi connectivity index (χ2n) is 2.28. The Morgan fingerprint density at radius 1 is 1.45 bits per heavy atom. The molecule has 3 N–H and O–H groups in total. The van der Waals surface area contributed by atoms with Gasteiger partial charge < -0.3 is 10.7 Å².